The van der Waals surface area contributed by atoms with E-state index in [1.165, 1.54) is 0 Å². The Labute approximate surface area is 75.9 Å². The van der Waals surface area contributed by atoms with Crippen LogP contribution in [0.25, 0.3) is 0 Å². The third-order valence-corrected chi connectivity index (χ3v) is 2.40. The molecular formula is C10H22FN. The molecular weight excluding hydrogens is 153 g/mol. The molecule has 1 aliphatic rings. The van der Waals surface area contributed by atoms with Gasteiger partial charge in [-0.25, -0.2) is 4.39 Å². The van der Waals surface area contributed by atoms with Crippen LogP contribution in [0.15, 0.2) is 0 Å². The zero-order valence-corrected chi connectivity index (χ0v) is 8.81. The monoisotopic (exact) mass is 175 g/mol. The smallest absolute Gasteiger partial charge is 0.115 e. The first-order valence-corrected chi connectivity index (χ1v) is 5.10. The van der Waals surface area contributed by atoms with Crippen molar-refractivity contribution in [3.05, 3.63) is 0 Å². The van der Waals surface area contributed by atoms with E-state index in [1.807, 2.05) is 20.8 Å². The van der Waals surface area contributed by atoms with Gasteiger partial charge >= 0.3 is 0 Å². The number of rotatable bonds is 1. The van der Waals surface area contributed by atoms with E-state index in [2.05, 4.69) is 11.8 Å². The summed E-state index contributed by atoms with van der Waals surface area (Å²) in [6, 6.07) is 0. The van der Waals surface area contributed by atoms with Crippen LogP contribution >= 0.6 is 0 Å². The van der Waals surface area contributed by atoms with E-state index in [9.17, 15) is 4.39 Å². The lowest BCUT2D eigenvalue weighted by molar-refractivity contribution is 0.0975. The molecule has 1 rings (SSSR count). The first-order valence-electron chi connectivity index (χ1n) is 5.10. The molecule has 0 spiro atoms. The summed E-state index contributed by atoms with van der Waals surface area (Å²) in [5.41, 5.74) is 0. The lowest BCUT2D eigenvalue weighted by atomic mass is 9.97. The number of nitrogens with zero attached hydrogens (tertiary/aromatic N) is 1. The minimum atomic E-state index is -0.589. The van der Waals surface area contributed by atoms with Crippen LogP contribution in [0.4, 0.5) is 4.39 Å². The summed E-state index contributed by atoms with van der Waals surface area (Å²) in [6.07, 6.45) is 0.434. The quantitative estimate of drug-likeness (QED) is 0.592. The third-order valence-electron chi connectivity index (χ3n) is 2.40. The molecule has 0 amide bonds. The van der Waals surface area contributed by atoms with E-state index in [0.717, 1.165) is 19.5 Å². The average Bonchev–Trinajstić information content (AvgIpc) is 2.13. The van der Waals surface area contributed by atoms with Crippen LogP contribution in [0.1, 0.15) is 34.1 Å². The fourth-order valence-corrected chi connectivity index (χ4v) is 1.37. The van der Waals surface area contributed by atoms with Crippen LogP contribution in [0, 0.1) is 5.92 Å². The molecule has 1 nitrogen and oxygen atoms in total. The highest BCUT2D eigenvalue weighted by atomic mass is 19.1. The summed E-state index contributed by atoms with van der Waals surface area (Å²) >= 11 is 0. The molecule has 2 atom stereocenters. The van der Waals surface area contributed by atoms with Crippen LogP contribution in [-0.2, 0) is 0 Å². The summed E-state index contributed by atoms with van der Waals surface area (Å²) in [5, 5.41) is 0. The van der Waals surface area contributed by atoms with Crippen LogP contribution in [0.5, 0.6) is 0 Å². The standard InChI is InChI=1S/C8H16FN.C2H6/c1-3-10-5-4-7(2)8(9)6-10;1-2/h7-8H,3-6H2,1-2H3;1-2H3/t7?,8-;/m0./s1. The molecule has 1 unspecified atom stereocenters. The van der Waals surface area contributed by atoms with Crippen molar-refractivity contribution >= 4 is 0 Å². The van der Waals surface area contributed by atoms with Gasteiger partial charge in [-0.1, -0.05) is 27.7 Å². The number of halogens is 1. The van der Waals surface area contributed by atoms with Crippen LogP contribution < -0.4 is 0 Å². The van der Waals surface area contributed by atoms with Crippen molar-refractivity contribution in [2.75, 3.05) is 19.6 Å². The summed E-state index contributed by atoms with van der Waals surface area (Å²) in [5.74, 6) is 0.280. The molecule has 1 heterocycles. The fourth-order valence-electron chi connectivity index (χ4n) is 1.37. The summed E-state index contributed by atoms with van der Waals surface area (Å²) in [7, 11) is 0. The highest BCUT2D eigenvalue weighted by Crippen LogP contribution is 2.18. The van der Waals surface area contributed by atoms with Crippen molar-refractivity contribution in [3.8, 4) is 0 Å². The van der Waals surface area contributed by atoms with Gasteiger partial charge in [-0.2, -0.15) is 0 Å². The molecule has 74 valence electrons. The van der Waals surface area contributed by atoms with Crippen molar-refractivity contribution in [2.24, 2.45) is 5.92 Å². The molecule has 0 bridgehead atoms. The van der Waals surface area contributed by atoms with Crippen molar-refractivity contribution in [1.82, 2.24) is 4.90 Å². The topological polar surface area (TPSA) is 3.24 Å². The van der Waals surface area contributed by atoms with Gasteiger partial charge in [0.15, 0.2) is 0 Å². The normalized spacial score (nSPS) is 30.8. The van der Waals surface area contributed by atoms with E-state index in [4.69, 9.17) is 0 Å². The van der Waals surface area contributed by atoms with Crippen molar-refractivity contribution in [3.63, 3.8) is 0 Å². The maximum absolute atomic E-state index is 13.0. The molecule has 0 saturated carbocycles. The van der Waals surface area contributed by atoms with Crippen LogP contribution in [0.2, 0.25) is 0 Å². The Morgan fingerprint density at radius 1 is 1.42 bits per heavy atom. The molecule has 0 aromatic rings. The Morgan fingerprint density at radius 3 is 2.42 bits per heavy atom. The van der Waals surface area contributed by atoms with Gasteiger partial charge in [-0.3, -0.25) is 0 Å². The van der Waals surface area contributed by atoms with Gasteiger partial charge in [0.05, 0.1) is 0 Å². The van der Waals surface area contributed by atoms with E-state index in [-0.39, 0.29) is 5.92 Å². The molecule has 1 fully saturated rings. The molecule has 0 N–H and O–H groups in total. The summed E-state index contributed by atoms with van der Waals surface area (Å²) in [6.45, 7) is 10.8. The van der Waals surface area contributed by atoms with E-state index >= 15 is 0 Å². The Bertz CT molecular complexity index is 106. The highest BCUT2D eigenvalue weighted by molar-refractivity contribution is 4.76. The zero-order chi connectivity index (χ0) is 9.56. The van der Waals surface area contributed by atoms with Crippen LogP contribution in [-0.4, -0.2) is 30.7 Å². The van der Waals surface area contributed by atoms with Gasteiger partial charge in [-0.15, -0.1) is 0 Å². The van der Waals surface area contributed by atoms with Gasteiger partial charge < -0.3 is 4.90 Å². The largest absolute Gasteiger partial charge is 0.301 e. The Hall–Kier alpha value is -0.110. The van der Waals surface area contributed by atoms with E-state index in [1.54, 1.807) is 0 Å². The van der Waals surface area contributed by atoms with Gasteiger partial charge in [0.25, 0.3) is 0 Å². The fraction of sp³-hybridized carbons (Fsp3) is 1.00. The van der Waals surface area contributed by atoms with E-state index < -0.39 is 6.17 Å². The molecule has 1 aliphatic heterocycles. The maximum atomic E-state index is 13.0. The first kappa shape index (κ1) is 11.9. The highest BCUT2D eigenvalue weighted by Gasteiger charge is 2.24. The second kappa shape index (κ2) is 6.41. The maximum Gasteiger partial charge on any atom is 0.115 e. The average molecular weight is 175 g/mol. The van der Waals surface area contributed by atoms with E-state index in [0.29, 0.717) is 6.54 Å². The number of hydrogen-bond donors (Lipinski definition) is 0. The van der Waals surface area contributed by atoms with Crippen LogP contribution in [0.3, 0.4) is 0 Å². The lowest BCUT2D eigenvalue weighted by Crippen LogP contribution is -2.40. The third kappa shape index (κ3) is 3.53. The van der Waals surface area contributed by atoms with Gasteiger partial charge in [0.2, 0.25) is 0 Å². The van der Waals surface area contributed by atoms with Gasteiger partial charge in [0.1, 0.15) is 6.17 Å². The number of piperidine rings is 1. The number of hydrogen-bond acceptors (Lipinski definition) is 1. The SMILES string of the molecule is CC.CCN1CCC(C)[C@@H](F)C1. The molecule has 0 aromatic heterocycles. The zero-order valence-electron chi connectivity index (χ0n) is 8.81. The predicted molar refractivity (Wildman–Crippen MR) is 52.1 cm³/mol. The molecule has 2 heteroatoms. The minimum Gasteiger partial charge on any atom is -0.301 e. The number of likely N-dealkylation sites (tertiary alicyclic amines) is 1. The molecule has 1 saturated heterocycles. The molecule has 0 aromatic carbocycles. The lowest BCUT2D eigenvalue weighted by Gasteiger charge is -2.31. The Morgan fingerprint density at radius 2 is 2.00 bits per heavy atom. The van der Waals surface area contributed by atoms with Crippen molar-refractivity contribution < 1.29 is 4.39 Å². The van der Waals surface area contributed by atoms with Gasteiger partial charge in [-0.05, 0) is 25.4 Å². The second-order valence-electron chi connectivity index (χ2n) is 3.18. The van der Waals surface area contributed by atoms with Crippen molar-refractivity contribution in [1.29, 1.82) is 0 Å². The Kier molecular flexibility index (Phi) is 6.35. The molecule has 0 radical (unpaired) electrons. The summed E-state index contributed by atoms with van der Waals surface area (Å²) in [4.78, 5) is 2.17. The molecule has 12 heavy (non-hydrogen) atoms. The summed E-state index contributed by atoms with van der Waals surface area (Å²) < 4.78 is 13.0. The minimum absolute atomic E-state index is 0.280. The second-order valence-corrected chi connectivity index (χ2v) is 3.18. The molecule has 0 aliphatic carbocycles. The predicted octanol–water partition coefficient (Wildman–Crippen LogP) is 2.71. The number of alkyl halides is 1. The first-order chi connectivity index (χ1) is 5.74. The van der Waals surface area contributed by atoms with Gasteiger partial charge in [0, 0.05) is 6.54 Å². The van der Waals surface area contributed by atoms with Crippen molar-refractivity contribution in [2.45, 2.75) is 40.3 Å². The Balaban J connectivity index is 0.000000561.